The van der Waals surface area contributed by atoms with Crippen molar-refractivity contribution in [2.24, 2.45) is 7.05 Å². The van der Waals surface area contributed by atoms with Gasteiger partial charge in [0.2, 0.25) is 0 Å². The molecule has 31 heavy (non-hydrogen) atoms. The number of rotatable bonds is 6. The number of nitrogens with zero attached hydrogens (tertiary/aromatic N) is 5. The summed E-state index contributed by atoms with van der Waals surface area (Å²) in [5.74, 6) is -0.814. The number of carboxylic acid groups (broad SMARTS) is 1. The number of benzene rings is 1. The molecule has 2 unspecified atom stereocenters. The Labute approximate surface area is 183 Å². The number of aromatic carboxylic acids is 1. The Balaban J connectivity index is 1.69. The molecule has 2 aliphatic rings. The quantitative estimate of drug-likeness (QED) is 0.508. The molecule has 1 aromatic carbocycles. The standard InChI is InChI=1S/C19H21N5O6S/c1-21(2)17(25)16-15-14(13-8-23(16)19(28)24(13)30-31)12(20-22(15)3)9-29-11-6-4-10(5-7-11)18(26)27/h4-7,13,16,31H,8-9H2,1-3H3,(H,26,27). The third-order valence-electron chi connectivity index (χ3n) is 5.44. The molecule has 2 aromatic rings. The van der Waals surface area contributed by atoms with Crippen LogP contribution in [0.15, 0.2) is 24.3 Å². The lowest BCUT2D eigenvalue weighted by atomic mass is 9.94. The van der Waals surface area contributed by atoms with E-state index in [1.807, 2.05) is 0 Å². The Hall–Kier alpha value is -3.25. The van der Waals surface area contributed by atoms with E-state index in [9.17, 15) is 14.4 Å². The monoisotopic (exact) mass is 447 g/mol. The topological polar surface area (TPSA) is 117 Å². The number of thiol groups is 1. The van der Waals surface area contributed by atoms with E-state index in [1.165, 1.54) is 21.9 Å². The Bertz CT molecular complexity index is 1050. The van der Waals surface area contributed by atoms with Gasteiger partial charge < -0.3 is 19.6 Å². The second kappa shape index (κ2) is 7.78. The third-order valence-corrected chi connectivity index (χ3v) is 5.61. The van der Waals surface area contributed by atoms with Gasteiger partial charge in [-0.2, -0.15) is 10.2 Å². The molecule has 1 saturated heterocycles. The van der Waals surface area contributed by atoms with E-state index in [-0.39, 0.29) is 24.6 Å². The normalized spacial score (nSPS) is 19.4. The fourth-order valence-electron chi connectivity index (χ4n) is 4.01. The van der Waals surface area contributed by atoms with Crippen molar-refractivity contribution in [2.75, 3.05) is 20.6 Å². The number of hydrogen-bond donors (Lipinski definition) is 2. The average molecular weight is 447 g/mol. The smallest absolute Gasteiger partial charge is 0.346 e. The van der Waals surface area contributed by atoms with Crippen LogP contribution in [-0.4, -0.2) is 68.3 Å². The summed E-state index contributed by atoms with van der Waals surface area (Å²) >= 11 is 3.82. The second-order valence-electron chi connectivity index (χ2n) is 7.48. The number of likely N-dealkylation sites (N-methyl/N-ethyl adjacent to an activating group) is 1. The molecule has 1 fully saturated rings. The molecular weight excluding hydrogens is 426 g/mol. The highest BCUT2D eigenvalue weighted by molar-refractivity contribution is 7.75. The molecule has 11 nitrogen and oxygen atoms in total. The number of carbonyl (C=O) groups is 3. The van der Waals surface area contributed by atoms with Gasteiger partial charge in [0.05, 0.1) is 17.8 Å². The molecule has 12 heteroatoms. The van der Waals surface area contributed by atoms with E-state index in [2.05, 4.69) is 18.0 Å². The Morgan fingerprint density at radius 2 is 1.97 bits per heavy atom. The van der Waals surface area contributed by atoms with Gasteiger partial charge in [-0.15, -0.1) is 0 Å². The number of aryl methyl sites for hydroxylation is 1. The van der Waals surface area contributed by atoms with Gasteiger partial charge in [-0.05, 0) is 24.3 Å². The average Bonchev–Trinajstić information content (AvgIpc) is 3.21. The summed E-state index contributed by atoms with van der Waals surface area (Å²) in [6, 6.07) is 4.22. The van der Waals surface area contributed by atoms with Gasteiger partial charge in [-0.25, -0.2) is 13.9 Å². The number of amides is 3. The van der Waals surface area contributed by atoms with Gasteiger partial charge in [0.1, 0.15) is 24.1 Å². The van der Waals surface area contributed by atoms with Crippen LogP contribution in [0.1, 0.15) is 39.4 Å². The SMILES string of the molecule is CN(C)C(=O)C1c2c(c(COc3ccc(C(=O)O)cc3)nn2C)C2CN1C(=O)N2OS. The molecular formula is C19H21N5O6S. The van der Waals surface area contributed by atoms with Crippen LogP contribution in [0, 0.1) is 0 Å². The molecule has 3 amide bonds. The lowest BCUT2D eigenvalue weighted by Crippen LogP contribution is -2.43. The summed E-state index contributed by atoms with van der Waals surface area (Å²) in [5.41, 5.74) is 1.97. The predicted molar refractivity (Wildman–Crippen MR) is 109 cm³/mol. The van der Waals surface area contributed by atoms with E-state index in [4.69, 9.17) is 14.1 Å². The van der Waals surface area contributed by atoms with Crippen LogP contribution in [0.25, 0.3) is 0 Å². The zero-order valence-electron chi connectivity index (χ0n) is 17.1. The van der Waals surface area contributed by atoms with Crippen molar-refractivity contribution in [1.82, 2.24) is 24.6 Å². The van der Waals surface area contributed by atoms with E-state index >= 15 is 0 Å². The van der Waals surface area contributed by atoms with Crippen molar-refractivity contribution < 1.29 is 28.5 Å². The molecule has 164 valence electrons. The first kappa shape index (κ1) is 21.0. The minimum absolute atomic E-state index is 0.0591. The number of hydrogen-bond acceptors (Lipinski definition) is 7. The van der Waals surface area contributed by atoms with E-state index in [1.54, 1.807) is 38.0 Å². The summed E-state index contributed by atoms with van der Waals surface area (Å²) < 4.78 is 12.4. The summed E-state index contributed by atoms with van der Waals surface area (Å²) in [4.78, 5) is 39.6. The van der Waals surface area contributed by atoms with Gasteiger partial charge in [-0.1, -0.05) is 0 Å². The zero-order chi connectivity index (χ0) is 22.4. The van der Waals surface area contributed by atoms with Crippen molar-refractivity contribution in [3.05, 3.63) is 46.8 Å². The summed E-state index contributed by atoms with van der Waals surface area (Å²) in [7, 11) is 4.97. The minimum Gasteiger partial charge on any atom is -0.487 e. The number of aromatic nitrogens is 2. The number of ether oxygens (including phenoxy) is 1. The van der Waals surface area contributed by atoms with Crippen LogP contribution in [-0.2, 0) is 22.7 Å². The van der Waals surface area contributed by atoms with Crippen molar-refractivity contribution in [3.8, 4) is 5.75 Å². The van der Waals surface area contributed by atoms with Crippen molar-refractivity contribution in [2.45, 2.75) is 18.7 Å². The number of urea groups is 1. The fraction of sp³-hybridized carbons (Fsp3) is 0.368. The van der Waals surface area contributed by atoms with Crippen molar-refractivity contribution in [3.63, 3.8) is 0 Å². The molecule has 2 bridgehead atoms. The van der Waals surface area contributed by atoms with Crippen LogP contribution in [0.5, 0.6) is 5.75 Å². The van der Waals surface area contributed by atoms with E-state index < -0.39 is 24.1 Å². The van der Waals surface area contributed by atoms with Crippen LogP contribution < -0.4 is 4.74 Å². The molecule has 2 aliphatic heterocycles. The largest absolute Gasteiger partial charge is 0.487 e. The highest BCUT2D eigenvalue weighted by Gasteiger charge is 2.54. The van der Waals surface area contributed by atoms with Crippen molar-refractivity contribution >= 4 is 30.8 Å². The van der Waals surface area contributed by atoms with Crippen molar-refractivity contribution in [1.29, 1.82) is 0 Å². The number of carbonyl (C=O) groups excluding carboxylic acids is 2. The first-order valence-electron chi connectivity index (χ1n) is 9.39. The highest BCUT2D eigenvalue weighted by Crippen LogP contribution is 2.46. The lowest BCUT2D eigenvalue weighted by Gasteiger charge is -2.32. The van der Waals surface area contributed by atoms with E-state index in [0.29, 0.717) is 22.7 Å². The number of hydroxylamine groups is 2. The summed E-state index contributed by atoms with van der Waals surface area (Å²) in [6.07, 6.45) is 0. The molecule has 1 aromatic heterocycles. The maximum Gasteiger partial charge on any atom is 0.346 e. The first-order valence-corrected chi connectivity index (χ1v) is 9.75. The molecule has 4 rings (SSSR count). The number of carboxylic acids is 1. The van der Waals surface area contributed by atoms with Crippen LogP contribution in [0.3, 0.4) is 0 Å². The maximum absolute atomic E-state index is 13.0. The molecule has 3 heterocycles. The van der Waals surface area contributed by atoms with Gasteiger partial charge in [0.25, 0.3) is 5.91 Å². The molecule has 2 atom stereocenters. The summed E-state index contributed by atoms with van der Waals surface area (Å²) in [5, 5.41) is 14.7. The molecule has 0 aliphatic carbocycles. The third kappa shape index (κ3) is 3.37. The molecule has 0 spiro atoms. The maximum atomic E-state index is 13.0. The fourth-order valence-corrected chi connectivity index (χ4v) is 4.19. The highest BCUT2D eigenvalue weighted by atomic mass is 32.1. The van der Waals surface area contributed by atoms with Gasteiger partial charge in [0, 0.05) is 39.6 Å². The molecule has 0 radical (unpaired) electrons. The first-order chi connectivity index (χ1) is 14.7. The van der Waals surface area contributed by atoms with Gasteiger partial charge in [0.15, 0.2) is 6.04 Å². The van der Waals surface area contributed by atoms with Crippen LogP contribution in [0.2, 0.25) is 0 Å². The zero-order valence-corrected chi connectivity index (χ0v) is 17.9. The molecule has 0 saturated carbocycles. The lowest BCUT2D eigenvalue weighted by molar-refractivity contribution is -0.134. The minimum atomic E-state index is -1.02. The Morgan fingerprint density at radius 1 is 1.29 bits per heavy atom. The van der Waals surface area contributed by atoms with Crippen LogP contribution in [0.4, 0.5) is 4.79 Å². The Kier molecular flexibility index (Phi) is 5.27. The molecule has 1 N–H and O–H groups in total. The second-order valence-corrected chi connectivity index (χ2v) is 7.64. The Morgan fingerprint density at radius 3 is 2.55 bits per heavy atom. The number of fused-ring (bicyclic) bond motifs is 4. The van der Waals surface area contributed by atoms with E-state index in [0.717, 1.165) is 5.06 Å². The van der Waals surface area contributed by atoms with Gasteiger partial charge >= 0.3 is 12.0 Å². The predicted octanol–water partition coefficient (Wildman–Crippen LogP) is 1.40. The van der Waals surface area contributed by atoms with Gasteiger partial charge in [-0.3, -0.25) is 9.48 Å². The van der Waals surface area contributed by atoms with Crippen LogP contribution >= 0.6 is 12.9 Å². The summed E-state index contributed by atoms with van der Waals surface area (Å²) in [6.45, 7) is 0.312.